The van der Waals surface area contributed by atoms with Gasteiger partial charge in [-0.25, -0.2) is 35.1 Å². The van der Waals surface area contributed by atoms with E-state index in [4.69, 9.17) is 42.1 Å². The van der Waals surface area contributed by atoms with Crippen molar-refractivity contribution < 1.29 is 64.3 Å². The molecule has 0 heterocycles. The summed E-state index contributed by atoms with van der Waals surface area (Å²) >= 11 is 11.8. The van der Waals surface area contributed by atoms with Gasteiger partial charge in [-0.05, 0) is 173 Å². The van der Waals surface area contributed by atoms with Gasteiger partial charge >= 0.3 is 0 Å². The maximum absolute atomic E-state index is 15.0. The molecule has 8 aromatic carbocycles. The number of aliphatic hydroxyl groups is 2. The summed E-state index contributed by atoms with van der Waals surface area (Å²) in [5.41, 5.74) is 5.18. The second-order valence-electron chi connectivity index (χ2n) is 26.6. The zero-order valence-corrected chi connectivity index (χ0v) is 56.8. The first-order valence-electron chi connectivity index (χ1n) is 29.9. The number of rotatable bonds is 16. The molecule has 4 atom stereocenters. The highest BCUT2D eigenvalue weighted by atomic mass is 35.5. The lowest BCUT2D eigenvalue weighted by molar-refractivity contribution is 0.165. The van der Waals surface area contributed by atoms with Crippen LogP contribution in [0.25, 0.3) is 44.5 Å². The van der Waals surface area contributed by atoms with Gasteiger partial charge in [-0.1, -0.05) is 144 Å². The topological polar surface area (TPSA) is 77.4 Å². The average Bonchev–Trinajstić information content (AvgIpc) is 0.824. The largest absolute Gasteiger partial charge is 0.497 e. The van der Waals surface area contributed by atoms with E-state index < -0.39 is 69.6 Å². The molecule has 0 aliphatic heterocycles. The normalized spacial score (nSPS) is 13.0. The quantitative estimate of drug-likeness (QED) is 0.0741. The van der Waals surface area contributed by atoms with Crippen LogP contribution in [0.2, 0.25) is 0 Å². The summed E-state index contributed by atoms with van der Waals surface area (Å²) in [5.74, 6) is 0.929. The molecule has 0 saturated carbocycles. The fourth-order valence-corrected chi connectivity index (χ4v) is 10.2. The Hall–Kier alpha value is -7.10. The molecule has 0 radical (unpaired) electrons. The second-order valence-corrected chi connectivity index (χ2v) is 27.1. The smallest absolute Gasteiger partial charge is 0.131 e. The minimum absolute atomic E-state index is 0.190. The molecule has 0 spiro atoms. The molecule has 0 unspecified atom stereocenters. The van der Waals surface area contributed by atoms with Gasteiger partial charge in [0.2, 0.25) is 0 Å². The highest BCUT2D eigenvalue weighted by Crippen LogP contribution is 2.47. The van der Waals surface area contributed by atoms with Crippen LogP contribution in [0.5, 0.6) is 23.0 Å². The van der Waals surface area contributed by atoms with Crippen molar-refractivity contribution in [2.24, 2.45) is 21.7 Å². The Morgan fingerprint density at radius 3 is 0.674 bits per heavy atom. The van der Waals surface area contributed by atoms with Crippen LogP contribution in [-0.4, -0.2) is 38.7 Å². The van der Waals surface area contributed by atoms with Gasteiger partial charge in [0.25, 0.3) is 0 Å². The molecule has 2 N–H and O–H groups in total. The van der Waals surface area contributed by atoms with Crippen LogP contribution in [0.4, 0.5) is 35.1 Å². The predicted molar refractivity (Wildman–Crippen MR) is 358 cm³/mol. The van der Waals surface area contributed by atoms with Crippen molar-refractivity contribution >= 4 is 23.2 Å². The number of benzene rings is 8. The van der Waals surface area contributed by atoms with Crippen molar-refractivity contribution in [3.8, 4) is 67.5 Å². The molecule has 0 aliphatic rings. The number of ether oxygens (including phenoxy) is 4. The molecule has 0 amide bonds. The summed E-state index contributed by atoms with van der Waals surface area (Å²) < 4.78 is 138. The van der Waals surface area contributed by atoms with E-state index in [0.717, 1.165) is 11.1 Å². The standard InChI is InChI=1S/2C19H21ClF2O.2C19H22F2O2/c2*1-19(2,3)18(22)16-9-12(11-20)5-7-14(16)15-10-13(23-4)6-8-17(15)21;2*1-19(2,3)18(21)16-9-12(11-22)5-7-14(16)15-10-13(23-4)6-8-17(15)20/h2*5-10,18H,11H2,1-4H3;2*5-10,18,22H,11H2,1-4H3/t4*18-/m1010/s1. The third-order valence-electron chi connectivity index (χ3n) is 15.1. The Morgan fingerprint density at radius 2 is 0.500 bits per heavy atom. The number of hydrogen-bond donors (Lipinski definition) is 2. The lowest BCUT2D eigenvalue weighted by Gasteiger charge is -2.26. The zero-order chi connectivity index (χ0) is 68.8. The molecule has 16 heteroatoms. The van der Waals surface area contributed by atoms with Crippen LogP contribution in [-0.2, 0) is 25.0 Å². The zero-order valence-electron chi connectivity index (χ0n) is 55.3. The Morgan fingerprint density at radius 1 is 0.304 bits per heavy atom. The van der Waals surface area contributed by atoms with E-state index in [0.29, 0.717) is 89.8 Å². The van der Waals surface area contributed by atoms with E-state index in [1.54, 1.807) is 151 Å². The molecule has 92 heavy (non-hydrogen) atoms. The van der Waals surface area contributed by atoms with Crippen molar-refractivity contribution in [1.82, 2.24) is 0 Å². The number of methoxy groups -OCH3 is 4. The molecule has 0 aliphatic carbocycles. The maximum atomic E-state index is 15.0. The molecule has 0 aromatic heterocycles. The first kappa shape index (κ1) is 75.6. The third-order valence-corrected chi connectivity index (χ3v) is 15.7. The van der Waals surface area contributed by atoms with Crippen molar-refractivity contribution in [3.63, 3.8) is 0 Å². The fraction of sp³-hybridized carbons (Fsp3) is 0.368. The van der Waals surface area contributed by atoms with Crippen LogP contribution in [0, 0.1) is 44.9 Å². The molecule has 0 fully saturated rings. The lowest BCUT2D eigenvalue weighted by atomic mass is 9.82. The van der Waals surface area contributed by atoms with E-state index in [2.05, 4.69) is 0 Å². The molecule has 8 rings (SSSR count). The number of aliphatic hydroxyl groups excluding tert-OH is 2. The molecular formula is C76H86Cl2F8O6. The second kappa shape index (κ2) is 32.6. The average molecular weight is 1320 g/mol. The van der Waals surface area contributed by atoms with Gasteiger partial charge in [-0.3, -0.25) is 0 Å². The third kappa shape index (κ3) is 19.5. The van der Waals surface area contributed by atoms with Crippen molar-refractivity contribution in [3.05, 3.63) is 213 Å². The Balaban J connectivity index is 0.000000223. The van der Waals surface area contributed by atoms with E-state index in [-0.39, 0.29) is 36.1 Å². The highest BCUT2D eigenvalue weighted by molar-refractivity contribution is 6.17. The summed E-state index contributed by atoms with van der Waals surface area (Å²) in [5, 5.41) is 18.7. The Bertz CT molecular complexity index is 3250. The molecular weight excluding hydrogens is 1230 g/mol. The van der Waals surface area contributed by atoms with E-state index >= 15 is 8.78 Å². The SMILES string of the molecule is COc1ccc(F)c(-c2ccc(CCl)cc2[C@@H](F)C(C)(C)C)c1.COc1ccc(F)c(-c2ccc(CCl)cc2[C@H](F)C(C)(C)C)c1.COc1ccc(F)c(-c2ccc(CO)cc2[C@@H](F)C(C)(C)C)c1.COc1ccc(F)c(-c2ccc(CO)cc2[C@H](F)C(C)(C)C)c1. The van der Waals surface area contributed by atoms with E-state index in [9.17, 15) is 36.6 Å². The summed E-state index contributed by atoms with van der Waals surface area (Å²) in [6.07, 6.45) is -5.08. The van der Waals surface area contributed by atoms with Crippen LogP contribution in [0.1, 0.15) is 152 Å². The van der Waals surface area contributed by atoms with E-state index in [1.807, 2.05) is 41.5 Å². The molecule has 496 valence electrons. The number of halogens is 10. The van der Waals surface area contributed by atoms with Gasteiger partial charge in [-0.2, -0.15) is 0 Å². The van der Waals surface area contributed by atoms with Crippen LogP contribution in [0.3, 0.4) is 0 Å². The van der Waals surface area contributed by atoms with Crippen molar-refractivity contribution in [2.75, 3.05) is 28.4 Å². The monoisotopic (exact) mass is 1320 g/mol. The number of alkyl halides is 6. The number of hydrogen-bond acceptors (Lipinski definition) is 6. The summed E-state index contributed by atoms with van der Waals surface area (Å²) in [4.78, 5) is 0. The van der Waals surface area contributed by atoms with Gasteiger partial charge < -0.3 is 29.2 Å². The van der Waals surface area contributed by atoms with Gasteiger partial charge in [0.1, 0.15) is 71.0 Å². The minimum Gasteiger partial charge on any atom is -0.497 e. The van der Waals surface area contributed by atoms with E-state index in [1.165, 1.54) is 64.8 Å². The summed E-state index contributed by atoms with van der Waals surface area (Å²) in [6.45, 7) is 21.2. The molecule has 6 nitrogen and oxygen atoms in total. The molecule has 8 aromatic rings. The summed E-state index contributed by atoms with van der Waals surface area (Å²) in [6, 6.07) is 38.0. The van der Waals surface area contributed by atoms with Crippen LogP contribution < -0.4 is 18.9 Å². The highest BCUT2D eigenvalue weighted by Gasteiger charge is 2.33. The lowest BCUT2D eigenvalue weighted by Crippen LogP contribution is -2.15. The predicted octanol–water partition coefficient (Wildman–Crippen LogP) is 22.7. The van der Waals surface area contributed by atoms with Gasteiger partial charge in [0, 0.05) is 34.0 Å². The Labute approximate surface area is 548 Å². The fourth-order valence-electron chi connectivity index (χ4n) is 9.85. The Kier molecular flexibility index (Phi) is 26.8. The van der Waals surface area contributed by atoms with Crippen molar-refractivity contribution in [1.29, 1.82) is 0 Å². The minimum atomic E-state index is -1.30. The van der Waals surface area contributed by atoms with Gasteiger partial charge in [0.05, 0.1) is 41.7 Å². The van der Waals surface area contributed by atoms with Crippen LogP contribution >= 0.6 is 23.2 Å². The molecule has 0 saturated heterocycles. The van der Waals surface area contributed by atoms with Gasteiger partial charge in [0.15, 0.2) is 0 Å². The molecule has 0 bridgehead atoms. The summed E-state index contributed by atoms with van der Waals surface area (Å²) in [7, 11) is 6.03. The first-order valence-corrected chi connectivity index (χ1v) is 30.9. The maximum Gasteiger partial charge on any atom is 0.131 e. The van der Waals surface area contributed by atoms with Crippen LogP contribution in [0.15, 0.2) is 146 Å². The van der Waals surface area contributed by atoms with Gasteiger partial charge in [-0.15, -0.1) is 23.2 Å². The first-order chi connectivity index (χ1) is 43.1. The van der Waals surface area contributed by atoms with Crippen molar-refractivity contribution in [2.45, 2.75) is 133 Å².